The van der Waals surface area contributed by atoms with Gasteiger partial charge in [-0.1, -0.05) is 52.6 Å². The highest BCUT2D eigenvalue weighted by Gasteiger charge is 2.21. The standard InChI is InChI=1S/C22H22Cl3N5O2S/c1-4-30-20(13(3)26-21(32)16-8-6-14(23)9-18(16)25)28-29-22(30)33-11-19(31)27-15-7-5-12(2)17(24)10-15/h5-10,13H,4,11H2,1-3H3,(H,26,32)(H,27,31)/t13-/m0/s1. The van der Waals surface area contributed by atoms with Crippen LogP contribution in [0, 0.1) is 6.92 Å². The summed E-state index contributed by atoms with van der Waals surface area (Å²) in [6.07, 6.45) is 0. The van der Waals surface area contributed by atoms with E-state index in [-0.39, 0.29) is 22.6 Å². The maximum absolute atomic E-state index is 12.6. The molecule has 174 valence electrons. The molecule has 0 fully saturated rings. The van der Waals surface area contributed by atoms with Crippen molar-refractivity contribution < 1.29 is 9.59 Å². The van der Waals surface area contributed by atoms with Crippen LogP contribution in [0.2, 0.25) is 15.1 Å². The van der Waals surface area contributed by atoms with E-state index in [1.165, 1.54) is 17.8 Å². The van der Waals surface area contributed by atoms with E-state index in [4.69, 9.17) is 34.8 Å². The summed E-state index contributed by atoms with van der Waals surface area (Å²) in [5, 5.41) is 16.0. The average Bonchev–Trinajstić information content (AvgIpc) is 3.18. The summed E-state index contributed by atoms with van der Waals surface area (Å²) in [6, 6.07) is 9.61. The number of carbonyl (C=O) groups excluding carboxylic acids is 2. The molecule has 0 saturated heterocycles. The zero-order valence-electron chi connectivity index (χ0n) is 18.2. The molecule has 2 amide bonds. The van der Waals surface area contributed by atoms with Gasteiger partial charge in [0.25, 0.3) is 5.91 Å². The lowest BCUT2D eigenvalue weighted by atomic mass is 10.2. The van der Waals surface area contributed by atoms with Gasteiger partial charge in [0.05, 0.1) is 22.4 Å². The van der Waals surface area contributed by atoms with Crippen LogP contribution >= 0.6 is 46.6 Å². The van der Waals surface area contributed by atoms with Crippen LogP contribution in [-0.4, -0.2) is 32.3 Å². The van der Waals surface area contributed by atoms with Crippen LogP contribution in [0.5, 0.6) is 0 Å². The predicted octanol–water partition coefficient (Wildman–Crippen LogP) is 5.79. The first kappa shape index (κ1) is 25.4. The number of aryl methyl sites for hydroxylation is 1. The highest BCUT2D eigenvalue weighted by Crippen LogP contribution is 2.24. The molecular formula is C22H22Cl3N5O2S. The van der Waals surface area contributed by atoms with Crippen molar-refractivity contribution in [1.29, 1.82) is 0 Å². The van der Waals surface area contributed by atoms with Crippen molar-refractivity contribution in [3.63, 3.8) is 0 Å². The third-order valence-corrected chi connectivity index (χ3v) is 6.68. The number of thioether (sulfide) groups is 1. The van der Waals surface area contributed by atoms with Crippen LogP contribution in [0.3, 0.4) is 0 Å². The number of aromatic nitrogens is 3. The molecule has 0 spiro atoms. The van der Waals surface area contributed by atoms with Gasteiger partial charge in [-0.05, 0) is 56.7 Å². The van der Waals surface area contributed by atoms with E-state index in [0.717, 1.165) is 5.56 Å². The number of benzene rings is 2. The maximum atomic E-state index is 12.6. The zero-order chi connectivity index (χ0) is 24.1. The largest absolute Gasteiger partial charge is 0.342 e. The summed E-state index contributed by atoms with van der Waals surface area (Å²) in [5.41, 5.74) is 1.89. The lowest BCUT2D eigenvalue weighted by Gasteiger charge is -2.15. The number of hydrogen-bond acceptors (Lipinski definition) is 5. The van der Waals surface area contributed by atoms with Gasteiger partial charge in [0, 0.05) is 22.3 Å². The van der Waals surface area contributed by atoms with Crippen molar-refractivity contribution >= 4 is 64.1 Å². The highest BCUT2D eigenvalue weighted by atomic mass is 35.5. The molecule has 0 aliphatic rings. The molecule has 11 heteroatoms. The second kappa shape index (κ2) is 11.2. The fraction of sp³-hybridized carbons (Fsp3) is 0.273. The van der Waals surface area contributed by atoms with Crippen molar-refractivity contribution in [2.75, 3.05) is 11.1 Å². The molecule has 0 unspecified atom stereocenters. The minimum absolute atomic E-state index is 0.144. The van der Waals surface area contributed by atoms with Crippen LogP contribution in [0.4, 0.5) is 5.69 Å². The second-order valence-corrected chi connectivity index (χ2v) is 9.40. The molecule has 0 aliphatic carbocycles. The zero-order valence-corrected chi connectivity index (χ0v) is 21.2. The van der Waals surface area contributed by atoms with Gasteiger partial charge < -0.3 is 15.2 Å². The summed E-state index contributed by atoms with van der Waals surface area (Å²) in [5.74, 6) is 0.181. The van der Waals surface area contributed by atoms with E-state index < -0.39 is 6.04 Å². The third kappa shape index (κ3) is 6.41. The van der Waals surface area contributed by atoms with E-state index in [1.807, 2.05) is 24.5 Å². The maximum Gasteiger partial charge on any atom is 0.253 e. The lowest BCUT2D eigenvalue weighted by molar-refractivity contribution is -0.113. The Morgan fingerprint density at radius 2 is 1.85 bits per heavy atom. The first-order chi connectivity index (χ1) is 15.7. The van der Waals surface area contributed by atoms with Crippen LogP contribution in [0.1, 0.15) is 41.6 Å². The third-order valence-electron chi connectivity index (χ3n) is 4.76. The Labute approximate surface area is 211 Å². The molecular weight excluding hydrogens is 505 g/mol. The SMILES string of the molecule is CCn1c(SCC(=O)Nc2ccc(C)c(Cl)c2)nnc1[C@H](C)NC(=O)c1ccc(Cl)cc1Cl. The second-order valence-electron chi connectivity index (χ2n) is 7.21. The fourth-order valence-corrected chi connectivity index (χ4v) is 4.52. The summed E-state index contributed by atoms with van der Waals surface area (Å²) < 4.78 is 1.86. The molecule has 0 saturated carbocycles. The van der Waals surface area contributed by atoms with Crippen LogP contribution in [0.15, 0.2) is 41.6 Å². The Hall–Kier alpha value is -2.26. The van der Waals surface area contributed by atoms with Crippen molar-refractivity contribution in [3.05, 3.63) is 68.4 Å². The van der Waals surface area contributed by atoms with E-state index >= 15 is 0 Å². The number of rotatable bonds is 8. The van der Waals surface area contributed by atoms with Gasteiger partial charge in [0.15, 0.2) is 11.0 Å². The molecule has 1 heterocycles. The molecule has 2 N–H and O–H groups in total. The minimum atomic E-state index is -0.436. The Morgan fingerprint density at radius 3 is 2.52 bits per heavy atom. The van der Waals surface area contributed by atoms with Gasteiger partial charge in [0.1, 0.15) is 0 Å². The average molecular weight is 527 g/mol. The molecule has 0 bridgehead atoms. The van der Waals surface area contributed by atoms with Crippen molar-refractivity contribution in [3.8, 4) is 0 Å². The number of nitrogens with one attached hydrogen (secondary N) is 2. The quantitative estimate of drug-likeness (QED) is 0.363. The predicted molar refractivity (Wildman–Crippen MR) is 134 cm³/mol. The van der Waals surface area contributed by atoms with Gasteiger partial charge in [-0.2, -0.15) is 0 Å². The topological polar surface area (TPSA) is 88.9 Å². The summed E-state index contributed by atoms with van der Waals surface area (Å²) in [6.45, 7) is 6.21. The summed E-state index contributed by atoms with van der Waals surface area (Å²) in [4.78, 5) is 25.0. The molecule has 33 heavy (non-hydrogen) atoms. The molecule has 3 rings (SSSR count). The van der Waals surface area contributed by atoms with Gasteiger partial charge >= 0.3 is 0 Å². The number of amides is 2. The lowest BCUT2D eigenvalue weighted by Crippen LogP contribution is -2.29. The molecule has 1 aromatic heterocycles. The summed E-state index contributed by atoms with van der Waals surface area (Å²) >= 11 is 19.4. The number of anilines is 1. The van der Waals surface area contributed by atoms with Crippen LogP contribution < -0.4 is 10.6 Å². The molecule has 3 aromatic rings. The fourth-order valence-electron chi connectivity index (χ4n) is 3.03. The highest BCUT2D eigenvalue weighted by molar-refractivity contribution is 7.99. The number of halogens is 3. The first-order valence-corrected chi connectivity index (χ1v) is 12.2. The van der Waals surface area contributed by atoms with Gasteiger partial charge in [-0.3, -0.25) is 9.59 Å². The van der Waals surface area contributed by atoms with Crippen molar-refractivity contribution in [2.24, 2.45) is 0 Å². The Balaban J connectivity index is 1.64. The molecule has 7 nitrogen and oxygen atoms in total. The Bertz CT molecular complexity index is 1180. The first-order valence-electron chi connectivity index (χ1n) is 10.1. The Kier molecular flexibility index (Phi) is 8.64. The number of nitrogens with zero attached hydrogens (tertiary/aromatic N) is 3. The Morgan fingerprint density at radius 1 is 1.09 bits per heavy atom. The van der Waals surface area contributed by atoms with E-state index in [2.05, 4.69) is 20.8 Å². The number of hydrogen-bond donors (Lipinski definition) is 2. The molecule has 1 atom stereocenters. The van der Waals surface area contributed by atoms with Gasteiger partial charge in [0.2, 0.25) is 5.91 Å². The van der Waals surface area contributed by atoms with E-state index in [0.29, 0.717) is 38.8 Å². The van der Waals surface area contributed by atoms with Gasteiger partial charge in [-0.15, -0.1) is 10.2 Å². The molecule has 0 aliphatic heterocycles. The van der Waals surface area contributed by atoms with Crippen LogP contribution in [0.25, 0.3) is 0 Å². The smallest absolute Gasteiger partial charge is 0.253 e. The van der Waals surface area contributed by atoms with Crippen molar-refractivity contribution in [2.45, 2.75) is 38.5 Å². The normalized spacial score (nSPS) is 11.8. The van der Waals surface area contributed by atoms with Crippen molar-refractivity contribution in [1.82, 2.24) is 20.1 Å². The number of carbonyl (C=O) groups is 2. The summed E-state index contributed by atoms with van der Waals surface area (Å²) in [7, 11) is 0. The van der Waals surface area contributed by atoms with E-state index in [1.54, 1.807) is 31.2 Å². The van der Waals surface area contributed by atoms with Crippen LogP contribution in [-0.2, 0) is 11.3 Å². The van der Waals surface area contributed by atoms with E-state index in [9.17, 15) is 9.59 Å². The molecule has 2 aromatic carbocycles. The molecule has 0 radical (unpaired) electrons. The minimum Gasteiger partial charge on any atom is -0.342 e. The monoisotopic (exact) mass is 525 g/mol. The van der Waals surface area contributed by atoms with Gasteiger partial charge in [-0.25, -0.2) is 0 Å².